The minimum absolute atomic E-state index is 0.100. The number of rotatable bonds is 5. The van der Waals surface area contributed by atoms with Gasteiger partial charge in [0, 0.05) is 16.3 Å². The number of thioether (sulfide) groups is 1. The number of halogens is 4. The average Bonchev–Trinajstić information content (AvgIpc) is 2.60. The number of nitrogens with zero attached hydrogens (tertiary/aromatic N) is 1. The molecular formula is C18H14F4N2O2S. The topological polar surface area (TPSA) is 53.7 Å². The second-order valence-corrected chi connectivity index (χ2v) is 6.86. The number of carbonyl (C=O) groups is 1. The Morgan fingerprint density at radius 2 is 1.85 bits per heavy atom. The van der Waals surface area contributed by atoms with Crippen LogP contribution in [0.15, 0.2) is 47.4 Å². The fourth-order valence-corrected chi connectivity index (χ4v) is 2.93. The molecule has 2 aromatic carbocycles. The zero-order chi connectivity index (χ0) is 20.2. The highest BCUT2D eigenvalue weighted by Crippen LogP contribution is 2.38. The van der Waals surface area contributed by atoms with Crippen LogP contribution in [0.2, 0.25) is 0 Å². The molecule has 0 heterocycles. The van der Waals surface area contributed by atoms with Crippen LogP contribution in [0, 0.1) is 12.4 Å². The largest absolute Gasteiger partial charge is 0.407 e. The predicted octanol–water partition coefficient (Wildman–Crippen LogP) is 4.88. The van der Waals surface area contributed by atoms with E-state index in [-0.39, 0.29) is 11.4 Å². The molecule has 2 rings (SSSR count). The molecule has 0 aromatic heterocycles. The molecule has 0 saturated heterocycles. The van der Waals surface area contributed by atoms with Gasteiger partial charge in [-0.2, -0.15) is 13.2 Å². The summed E-state index contributed by atoms with van der Waals surface area (Å²) in [7, 11) is 0. The summed E-state index contributed by atoms with van der Waals surface area (Å²) in [4.78, 5) is 15.7. The first kappa shape index (κ1) is 20.7. The van der Waals surface area contributed by atoms with Gasteiger partial charge in [0.2, 0.25) is 0 Å². The molecule has 27 heavy (non-hydrogen) atoms. The molecule has 0 unspecified atom stereocenters. The van der Waals surface area contributed by atoms with Gasteiger partial charge in [-0.1, -0.05) is 6.07 Å². The Kier molecular flexibility index (Phi) is 6.13. The zero-order valence-electron chi connectivity index (χ0n) is 14.0. The lowest BCUT2D eigenvalue weighted by Gasteiger charge is -2.22. The quantitative estimate of drug-likeness (QED) is 0.429. The highest BCUT2D eigenvalue weighted by atomic mass is 32.2. The lowest BCUT2D eigenvalue weighted by molar-refractivity contribution is -0.137. The van der Waals surface area contributed by atoms with Crippen LogP contribution in [0.1, 0.15) is 12.5 Å². The Bertz CT molecular complexity index is 874. The first-order valence-electron chi connectivity index (χ1n) is 7.54. The van der Waals surface area contributed by atoms with Crippen molar-refractivity contribution in [3.05, 3.63) is 65.3 Å². The number of carbonyl (C=O) groups excluding carboxylic acids is 1. The first-order valence-corrected chi connectivity index (χ1v) is 8.52. The van der Waals surface area contributed by atoms with Crippen molar-refractivity contribution in [3.8, 4) is 0 Å². The molecule has 9 heteroatoms. The molecule has 0 radical (unpaired) electrons. The Morgan fingerprint density at radius 3 is 2.41 bits per heavy atom. The molecular weight excluding hydrogens is 384 g/mol. The minimum atomic E-state index is -4.75. The van der Waals surface area contributed by atoms with E-state index in [2.05, 4.69) is 10.2 Å². The number of hydrogen-bond acceptors (Lipinski definition) is 3. The van der Waals surface area contributed by atoms with Crippen LogP contribution in [-0.2, 0) is 11.0 Å². The highest BCUT2D eigenvalue weighted by Gasteiger charge is 2.35. The maximum absolute atomic E-state index is 13.0. The van der Waals surface area contributed by atoms with Gasteiger partial charge in [0.05, 0.1) is 12.1 Å². The predicted molar refractivity (Wildman–Crippen MR) is 94.1 cm³/mol. The highest BCUT2D eigenvalue weighted by molar-refractivity contribution is 7.99. The summed E-state index contributed by atoms with van der Waals surface area (Å²) in [6, 6.07) is 8.17. The Labute approximate surface area is 157 Å². The van der Waals surface area contributed by atoms with E-state index in [1.54, 1.807) is 0 Å². The minimum Gasteiger partial charge on any atom is -0.379 e. The molecule has 0 bridgehead atoms. The van der Waals surface area contributed by atoms with Crippen LogP contribution < -0.4 is 5.32 Å². The molecule has 4 nitrogen and oxygen atoms in total. The van der Waals surface area contributed by atoms with E-state index < -0.39 is 34.8 Å². The number of amides is 1. The van der Waals surface area contributed by atoms with Gasteiger partial charge in [-0.05, 0) is 43.3 Å². The molecule has 0 aliphatic rings. The summed E-state index contributed by atoms with van der Waals surface area (Å²) < 4.78 is 51.8. The van der Waals surface area contributed by atoms with Gasteiger partial charge in [-0.3, -0.25) is 4.79 Å². The third-order valence-corrected chi connectivity index (χ3v) is 4.81. The summed E-state index contributed by atoms with van der Waals surface area (Å²) in [5, 5.41) is 12.5. The maximum atomic E-state index is 13.0. The van der Waals surface area contributed by atoms with Gasteiger partial charge in [-0.25, -0.2) is 9.24 Å². The van der Waals surface area contributed by atoms with Crippen LogP contribution >= 0.6 is 11.8 Å². The second-order valence-electron chi connectivity index (χ2n) is 5.81. The fraction of sp³-hybridized carbons (Fsp3) is 0.222. The fourth-order valence-electron chi connectivity index (χ4n) is 2.02. The van der Waals surface area contributed by atoms with Gasteiger partial charge in [0.1, 0.15) is 11.4 Å². The molecule has 0 spiro atoms. The van der Waals surface area contributed by atoms with Crippen LogP contribution in [0.5, 0.6) is 0 Å². The van der Waals surface area contributed by atoms with E-state index in [0.29, 0.717) is 11.0 Å². The number of aliphatic hydroxyl groups is 1. The summed E-state index contributed by atoms with van der Waals surface area (Å²) in [6.45, 7) is 8.02. The smallest absolute Gasteiger partial charge is 0.379 e. The number of anilines is 1. The maximum Gasteiger partial charge on any atom is 0.407 e. The van der Waals surface area contributed by atoms with E-state index in [9.17, 15) is 27.5 Å². The van der Waals surface area contributed by atoms with Crippen molar-refractivity contribution in [1.82, 2.24) is 0 Å². The van der Waals surface area contributed by atoms with E-state index in [4.69, 9.17) is 6.57 Å². The molecule has 0 aliphatic carbocycles. The molecule has 142 valence electrons. The lowest BCUT2D eigenvalue weighted by Crippen LogP contribution is -2.42. The van der Waals surface area contributed by atoms with Gasteiger partial charge >= 0.3 is 6.18 Å². The Hall–Kier alpha value is -2.57. The molecule has 2 aromatic rings. The standard InChI is InChI=1S/C18H14F4N2O2S/c1-17(26,10-27-13-6-3-11(19)4-7-13)16(25)24-12-5-8-15(23-2)14(9-12)18(20,21)22/h3-9,26H,10H2,1H3,(H,24,25)/t17-/m1/s1. The number of nitrogens with one attached hydrogen (secondary N) is 1. The van der Waals surface area contributed by atoms with Gasteiger partial charge in [0.25, 0.3) is 5.91 Å². The normalized spacial score (nSPS) is 13.5. The van der Waals surface area contributed by atoms with E-state index >= 15 is 0 Å². The van der Waals surface area contributed by atoms with E-state index in [0.717, 1.165) is 23.9 Å². The van der Waals surface area contributed by atoms with Crippen molar-refractivity contribution in [2.45, 2.75) is 23.6 Å². The molecule has 2 N–H and O–H groups in total. The summed E-state index contributed by atoms with van der Waals surface area (Å²) in [5.41, 5.74) is -3.84. The van der Waals surface area contributed by atoms with Crippen molar-refractivity contribution >= 4 is 29.0 Å². The van der Waals surface area contributed by atoms with E-state index in [1.807, 2.05) is 0 Å². The van der Waals surface area contributed by atoms with Crippen molar-refractivity contribution in [2.24, 2.45) is 0 Å². The van der Waals surface area contributed by atoms with Gasteiger partial charge < -0.3 is 10.4 Å². The molecule has 1 atom stereocenters. The van der Waals surface area contributed by atoms with Crippen LogP contribution in [0.3, 0.4) is 0 Å². The number of hydrogen-bond donors (Lipinski definition) is 2. The van der Waals surface area contributed by atoms with Crippen LogP contribution in [-0.4, -0.2) is 22.4 Å². The van der Waals surface area contributed by atoms with Crippen molar-refractivity contribution in [3.63, 3.8) is 0 Å². The van der Waals surface area contributed by atoms with Crippen molar-refractivity contribution < 1.29 is 27.5 Å². The average molecular weight is 398 g/mol. The summed E-state index contributed by atoms with van der Waals surface area (Å²) >= 11 is 1.09. The van der Waals surface area contributed by atoms with Crippen LogP contribution in [0.25, 0.3) is 4.85 Å². The molecule has 0 saturated carbocycles. The molecule has 1 amide bonds. The van der Waals surface area contributed by atoms with Gasteiger partial charge in [0.15, 0.2) is 5.69 Å². The zero-order valence-corrected chi connectivity index (χ0v) is 14.8. The SMILES string of the molecule is [C-]#[N+]c1ccc(NC(=O)[C@](C)(O)CSc2ccc(F)cc2)cc1C(F)(F)F. The number of alkyl halides is 3. The monoisotopic (exact) mass is 398 g/mol. The number of benzene rings is 2. The Balaban J connectivity index is 2.11. The third-order valence-electron chi connectivity index (χ3n) is 3.50. The van der Waals surface area contributed by atoms with Crippen LogP contribution in [0.4, 0.5) is 28.9 Å². The van der Waals surface area contributed by atoms with Gasteiger partial charge in [-0.15, -0.1) is 11.8 Å². The Morgan fingerprint density at radius 1 is 1.22 bits per heavy atom. The van der Waals surface area contributed by atoms with Crippen molar-refractivity contribution in [2.75, 3.05) is 11.1 Å². The molecule has 0 aliphatic heterocycles. The van der Waals surface area contributed by atoms with Crippen molar-refractivity contribution in [1.29, 1.82) is 0 Å². The second kappa shape index (κ2) is 7.98. The molecule has 0 fully saturated rings. The third kappa shape index (κ3) is 5.45. The summed E-state index contributed by atoms with van der Waals surface area (Å²) in [5.74, 6) is -1.43. The lowest BCUT2D eigenvalue weighted by atomic mass is 10.1. The van der Waals surface area contributed by atoms with E-state index in [1.165, 1.54) is 31.2 Å². The summed E-state index contributed by atoms with van der Waals surface area (Å²) in [6.07, 6.45) is -4.75. The first-order chi connectivity index (χ1) is 12.5.